The Hall–Kier alpha value is -0.600. The van der Waals surface area contributed by atoms with Gasteiger partial charge in [0.2, 0.25) is 0 Å². The van der Waals surface area contributed by atoms with Gasteiger partial charge in [-0.15, -0.1) is 0 Å². The van der Waals surface area contributed by atoms with Gasteiger partial charge in [0.15, 0.2) is 0 Å². The maximum absolute atomic E-state index is 3.74. The Morgan fingerprint density at radius 3 is 3.06 bits per heavy atom. The number of nitrogens with one attached hydrogen (secondary N) is 1. The molecule has 0 aliphatic heterocycles. The van der Waals surface area contributed by atoms with Gasteiger partial charge in [-0.05, 0) is 67.5 Å². The molecule has 0 spiro atoms. The van der Waals surface area contributed by atoms with E-state index in [0.717, 1.165) is 13.0 Å². The average Bonchev–Trinajstić information content (AvgIpc) is 2.74. The van der Waals surface area contributed by atoms with E-state index in [4.69, 9.17) is 0 Å². The average molecular weight is 263 g/mol. The van der Waals surface area contributed by atoms with Crippen molar-refractivity contribution in [3.8, 4) is 0 Å². The van der Waals surface area contributed by atoms with Gasteiger partial charge in [-0.1, -0.05) is 25.0 Å². The van der Waals surface area contributed by atoms with Crippen molar-refractivity contribution >= 4 is 11.3 Å². The summed E-state index contributed by atoms with van der Waals surface area (Å²) in [6, 6.07) is 2.83. The molecule has 0 saturated carbocycles. The predicted octanol–water partition coefficient (Wildman–Crippen LogP) is 4.55. The zero-order valence-electron chi connectivity index (χ0n) is 11.5. The van der Waals surface area contributed by atoms with E-state index in [0.29, 0.717) is 6.04 Å². The van der Waals surface area contributed by atoms with Gasteiger partial charge in [-0.3, -0.25) is 0 Å². The van der Waals surface area contributed by atoms with E-state index in [-0.39, 0.29) is 0 Å². The molecule has 1 atom stereocenters. The molecular weight excluding hydrogens is 238 g/mol. The van der Waals surface area contributed by atoms with Gasteiger partial charge in [0, 0.05) is 6.04 Å². The van der Waals surface area contributed by atoms with E-state index in [1.54, 1.807) is 5.57 Å². The van der Waals surface area contributed by atoms with Gasteiger partial charge in [-0.2, -0.15) is 11.3 Å². The zero-order valence-corrected chi connectivity index (χ0v) is 12.3. The predicted molar refractivity (Wildman–Crippen MR) is 81.3 cm³/mol. The monoisotopic (exact) mass is 263 g/mol. The van der Waals surface area contributed by atoms with Crippen LogP contribution in [0.15, 0.2) is 28.5 Å². The Bertz CT molecular complexity index is 353. The Balaban J connectivity index is 2.00. The molecule has 0 bridgehead atoms. The highest BCUT2D eigenvalue weighted by Crippen LogP contribution is 2.22. The second-order valence-electron chi connectivity index (χ2n) is 5.22. The fraction of sp³-hybridized carbons (Fsp3) is 0.625. The van der Waals surface area contributed by atoms with Crippen molar-refractivity contribution in [1.82, 2.24) is 5.32 Å². The lowest BCUT2D eigenvalue weighted by atomic mass is 9.96. The standard InChI is InChI=1S/C16H25NS/c1-2-10-17-16(12-14-9-11-18-13-14)15-7-5-3-4-6-8-15/h7,9,11,13,16-17H,2-6,8,10,12H2,1H3. The van der Waals surface area contributed by atoms with Gasteiger partial charge in [-0.25, -0.2) is 0 Å². The summed E-state index contributed by atoms with van der Waals surface area (Å²) < 4.78 is 0. The van der Waals surface area contributed by atoms with Crippen LogP contribution in [-0.2, 0) is 6.42 Å². The summed E-state index contributed by atoms with van der Waals surface area (Å²) in [6.45, 7) is 3.38. The lowest BCUT2D eigenvalue weighted by Gasteiger charge is -2.21. The maximum Gasteiger partial charge on any atom is 0.0320 e. The molecular formula is C16H25NS. The minimum atomic E-state index is 0.567. The van der Waals surface area contributed by atoms with Gasteiger partial charge < -0.3 is 5.32 Å². The van der Waals surface area contributed by atoms with Crippen molar-refractivity contribution < 1.29 is 0 Å². The fourth-order valence-corrected chi connectivity index (χ4v) is 3.34. The molecule has 1 nitrogen and oxygen atoms in total. The molecule has 100 valence electrons. The van der Waals surface area contributed by atoms with E-state index in [9.17, 15) is 0 Å². The quantitative estimate of drug-likeness (QED) is 0.742. The number of allylic oxidation sites excluding steroid dienone is 1. The van der Waals surface area contributed by atoms with Crippen LogP contribution in [0.3, 0.4) is 0 Å². The van der Waals surface area contributed by atoms with Gasteiger partial charge >= 0.3 is 0 Å². The van der Waals surface area contributed by atoms with Crippen LogP contribution in [0.25, 0.3) is 0 Å². The lowest BCUT2D eigenvalue weighted by molar-refractivity contribution is 0.543. The van der Waals surface area contributed by atoms with Crippen molar-refractivity contribution in [1.29, 1.82) is 0 Å². The van der Waals surface area contributed by atoms with Crippen LogP contribution >= 0.6 is 11.3 Å². The van der Waals surface area contributed by atoms with Crippen LogP contribution in [-0.4, -0.2) is 12.6 Å². The van der Waals surface area contributed by atoms with Gasteiger partial charge in [0.1, 0.15) is 0 Å². The minimum Gasteiger partial charge on any atom is -0.310 e. The molecule has 1 aliphatic carbocycles. The Kier molecular flexibility index (Phi) is 5.95. The van der Waals surface area contributed by atoms with Crippen LogP contribution in [0.2, 0.25) is 0 Å². The fourth-order valence-electron chi connectivity index (χ4n) is 2.65. The summed E-state index contributed by atoms with van der Waals surface area (Å²) in [4.78, 5) is 0. The summed E-state index contributed by atoms with van der Waals surface area (Å²) in [5.41, 5.74) is 3.14. The van der Waals surface area contributed by atoms with Gasteiger partial charge in [0.25, 0.3) is 0 Å². The molecule has 2 rings (SSSR count). The summed E-state index contributed by atoms with van der Waals surface area (Å²) in [5, 5.41) is 8.22. The van der Waals surface area contributed by atoms with E-state index >= 15 is 0 Å². The maximum atomic E-state index is 3.74. The van der Waals surface area contributed by atoms with Crippen LogP contribution in [0.5, 0.6) is 0 Å². The molecule has 0 saturated heterocycles. The Labute approximate surface area is 115 Å². The molecule has 1 aromatic rings. The minimum absolute atomic E-state index is 0.567. The smallest absolute Gasteiger partial charge is 0.0320 e. The largest absolute Gasteiger partial charge is 0.310 e. The van der Waals surface area contributed by atoms with Crippen molar-refractivity contribution in [2.24, 2.45) is 0 Å². The molecule has 18 heavy (non-hydrogen) atoms. The van der Waals surface area contributed by atoms with Crippen molar-refractivity contribution in [3.63, 3.8) is 0 Å². The molecule has 2 heteroatoms. The molecule has 1 heterocycles. The summed E-state index contributed by atoms with van der Waals surface area (Å²) >= 11 is 1.81. The Morgan fingerprint density at radius 1 is 1.33 bits per heavy atom. The second kappa shape index (κ2) is 7.75. The van der Waals surface area contributed by atoms with E-state index in [2.05, 4.69) is 35.1 Å². The highest BCUT2D eigenvalue weighted by Gasteiger charge is 2.15. The summed E-state index contributed by atoms with van der Waals surface area (Å²) in [7, 11) is 0. The Morgan fingerprint density at radius 2 is 2.28 bits per heavy atom. The first kappa shape index (κ1) is 13.8. The molecule has 1 N–H and O–H groups in total. The van der Waals surface area contributed by atoms with Gasteiger partial charge in [0.05, 0.1) is 0 Å². The van der Waals surface area contributed by atoms with Crippen molar-refractivity contribution in [2.75, 3.05) is 6.54 Å². The normalized spacial score (nSPS) is 18.2. The van der Waals surface area contributed by atoms with Crippen molar-refractivity contribution in [3.05, 3.63) is 34.0 Å². The van der Waals surface area contributed by atoms with E-state index < -0.39 is 0 Å². The number of thiophene rings is 1. The van der Waals surface area contributed by atoms with Crippen molar-refractivity contribution in [2.45, 2.75) is 57.9 Å². The molecule has 1 unspecified atom stereocenters. The SMILES string of the molecule is CCCNC(Cc1ccsc1)C1=CCCCCC1. The zero-order chi connectivity index (χ0) is 12.6. The number of rotatable bonds is 6. The highest BCUT2D eigenvalue weighted by atomic mass is 32.1. The number of hydrogen-bond acceptors (Lipinski definition) is 2. The number of hydrogen-bond donors (Lipinski definition) is 1. The summed E-state index contributed by atoms with van der Waals surface area (Å²) in [5.74, 6) is 0. The molecule has 0 radical (unpaired) electrons. The van der Waals surface area contributed by atoms with E-state index in [1.807, 2.05) is 11.3 Å². The van der Waals surface area contributed by atoms with Crippen LogP contribution in [0, 0.1) is 0 Å². The molecule has 0 amide bonds. The highest BCUT2D eigenvalue weighted by molar-refractivity contribution is 7.07. The first-order chi connectivity index (χ1) is 8.90. The topological polar surface area (TPSA) is 12.0 Å². The third-order valence-electron chi connectivity index (χ3n) is 3.68. The third kappa shape index (κ3) is 4.25. The first-order valence-corrected chi connectivity index (χ1v) is 8.28. The molecule has 1 aromatic heterocycles. The third-order valence-corrected chi connectivity index (χ3v) is 4.42. The first-order valence-electron chi connectivity index (χ1n) is 7.33. The summed E-state index contributed by atoms with van der Waals surface area (Å²) in [6.07, 6.45) is 11.6. The van der Waals surface area contributed by atoms with Crippen LogP contribution < -0.4 is 5.32 Å². The lowest BCUT2D eigenvalue weighted by Crippen LogP contribution is -2.33. The molecule has 1 aliphatic rings. The second-order valence-corrected chi connectivity index (χ2v) is 6.00. The van der Waals surface area contributed by atoms with Crippen LogP contribution in [0.1, 0.15) is 51.0 Å². The molecule has 0 fully saturated rings. The van der Waals surface area contributed by atoms with E-state index in [1.165, 1.54) is 44.1 Å². The molecule has 0 aromatic carbocycles. The van der Waals surface area contributed by atoms with Crippen LogP contribution in [0.4, 0.5) is 0 Å².